The van der Waals surface area contributed by atoms with E-state index in [4.69, 9.17) is 5.26 Å². The predicted octanol–water partition coefficient (Wildman–Crippen LogP) is 3.05. The van der Waals surface area contributed by atoms with E-state index >= 15 is 0 Å². The van der Waals surface area contributed by atoms with Crippen LogP contribution >= 0.6 is 0 Å². The zero-order valence-corrected chi connectivity index (χ0v) is 12.2. The third-order valence-corrected chi connectivity index (χ3v) is 3.40. The molecule has 1 aromatic carbocycles. The first-order chi connectivity index (χ1) is 8.99. The lowest BCUT2D eigenvalue weighted by molar-refractivity contribution is 0.0835. The number of nitrogens with zero attached hydrogens (tertiary/aromatic N) is 2. The number of aryl methyl sites for hydroxylation is 1. The van der Waals surface area contributed by atoms with Crippen LogP contribution in [0.15, 0.2) is 24.3 Å². The van der Waals surface area contributed by atoms with Crippen molar-refractivity contribution in [3.05, 3.63) is 35.4 Å². The third-order valence-electron chi connectivity index (χ3n) is 3.40. The zero-order chi connectivity index (χ0) is 14.4. The molecule has 0 amide bonds. The topological polar surface area (TPSA) is 44.1 Å². The predicted molar refractivity (Wildman–Crippen MR) is 77.0 cm³/mol. The van der Waals surface area contributed by atoms with Gasteiger partial charge < -0.3 is 0 Å². The molecule has 0 fully saturated rings. The number of Topliss-reactive ketones (excluding diaryl/α,β-unsaturated/α-hetero) is 1. The first kappa shape index (κ1) is 15.4. The summed E-state index contributed by atoms with van der Waals surface area (Å²) in [7, 11) is 0. The van der Waals surface area contributed by atoms with Gasteiger partial charge in [0.15, 0.2) is 5.78 Å². The lowest BCUT2D eigenvalue weighted by atomic mass is 10.0. The van der Waals surface area contributed by atoms with Crippen molar-refractivity contribution in [2.24, 2.45) is 5.92 Å². The third kappa shape index (κ3) is 4.18. The van der Waals surface area contributed by atoms with Gasteiger partial charge in [0.05, 0.1) is 18.0 Å². The van der Waals surface area contributed by atoms with Crippen LogP contribution in [0.2, 0.25) is 0 Å². The van der Waals surface area contributed by atoms with Crippen molar-refractivity contribution in [2.75, 3.05) is 13.1 Å². The number of hydrogen-bond donors (Lipinski definition) is 0. The Balaban J connectivity index is 2.79. The molecule has 2 unspecified atom stereocenters. The van der Waals surface area contributed by atoms with E-state index in [0.29, 0.717) is 6.54 Å². The molecule has 0 N–H and O–H groups in total. The smallest absolute Gasteiger partial charge is 0.179 e. The van der Waals surface area contributed by atoms with Crippen LogP contribution in [0.5, 0.6) is 0 Å². The van der Waals surface area contributed by atoms with E-state index in [2.05, 4.69) is 11.0 Å². The molecule has 3 heteroatoms. The Bertz CT molecular complexity index is 459. The number of carbonyl (C=O) groups is 1. The molecule has 0 saturated carbocycles. The number of rotatable bonds is 6. The van der Waals surface area contributed by atoms with Gasteiger partial charge in [0.25, 0.3) is 0 Å². The maximum Gasteiger partial charge on any atom is 0.179 e. The van der Waals surface area contributed by atoms with Gasteiger partial charge in [-0.1, -0.05) is 36.8 Å². The molecule has 1 rings (SSSR count). The molecule has 0 aliphatic heterocycles. The summed E-state index contributed by atoms with van der Waals surface area (Å²) in [5, 5.41) is 8.89. The number of hydrogen-bond acceptors (Lipinski definition) is 3. The van der Waals surface area contributed by atoms with E-state index in [1.54, 1.807) is 0 Å². The standard InChI is InChI=1S/C16H22N2O/c1-5-18(11-13(3)10-17)14(4)16(19)15-8-6-12(2)7-9-15/h6-9,13-14H,5,11H2,1-4H3. The number of likely N-dealkylation sites (N-methyl/N-ethyl adjacent to an activating group) is 1. The highest BCUT2D eigenvalue weighted by molar-refractivity contribution is 5.99. The van der Waals surface area contributed by atoms with Gasteiger partial charge in [-0.05, 0) is 27.3 Å². The SMILES string of the molecule is CCN(CC(C)C#N)C(C)C(=O)c1ccc(C)cc1. The Morgan fingerprint density at radius 2 is 1.89 bits per heavy atom. The highest BCUT2D eigenvalue weighted by Gasteiger charge is 2.22. The van der Waals surface area contributed by atoms with Gasteiger partial charge in [0.2, 0.25) is 0 Å². The lowest BCUT2D eigenvalue weighted by Crippen LogP contribution is -2.41. The normalized spacial score (nSPS) is 13.9. The van der Waals surface area contributed by atoms with Gasteiger partial charge in [0, 0.05) is 12.1 Å². The molecular formula is C16H22N2O. The molecule has 1 aromatic rings. The molecule has 0 aromatic heterocycles. The van der Waals surface area contributed by atoms with E-state index in [1.165, 1.54) is 0 Å². The van der Waals surface area contributed by atoms with Gasteiger partial charge in [-0.15, -0.1) is 0 Å². The summed E-state index contributed by atoms with van der Waals surface area (Å²) >= 11 is 0. The molecule has 0 aliphatic rings. The number of benzene rings is 1. The molecule has 0 saturated heterocycles. The maximum atomic E-state index is 12.4. The Labute approximate surface area is 115 Å². The second-order valence-electron chi connectivity index (χ2n) is 5.02. The average molecular weight is 258 g/mol. The van der Waals surface area contributed by atoms with Gasteiger partial charge in [0.1, 0.15) is 0 Å². The molecule has 0 bridgehead atoms. The van der Waals surface area contributed by atoms with Gasteiger partial charge in [-0.25, -0.2) is 0 Å². The molecule has 0 spiro atoms. The minimum atomic E-state index is -0.191. The Kier molecular flexibility index (Phi) is 5.72. The highest BCUT2D eigenvalue weighted by atomic mass is 16.1. The van der Waals surface area contributed by atoms with Gasteiger partial charge >= 0.3 is 0 Å². The molecule has 19 heavy (non-hydrogen) atoms. The Morgan fingerprint density at radius 1 is 1.32 bits per heavy atom. The summed E-state index contributed by atoms with van der Waals surface area (Å²) < 4.78 is 0. The van der Waals surface area contributed by atoms with E-state index in [1.807, 2.05) is 52.0 Å². The summed E-state index contributed by atoms with van der Waals surface area (Å²) in [5.74, 6) is 0.0557. The molecular weight excluding hydrogens is 236 g/mol. The van der Waals surface area contributed by atoms with Crippen LogP contribution in [0.4, 0.5) is 0 Å². The fourth-order valence-electron chi connectivity index (χ4n) is 2.08. The summed E-state index contributed by atoms with van der Waals surface area (Å²) in [5.41, 5.74) is 1.89. The number of nitriles is 1. The van der Waals surface area contributed by atoms with Crippen LogP contribution in [0.3, 0.4) is 0 Å². The minimum Gasteiger partial charge on any atom is -0.292 e. The van der Waals surface area contributed by atoms with Crippen molar-refractivity contribution >= 4 is 5.78 Å². The molecule has 102 valence electrons. The van der Waals surface area contributed by atoms with Crippen molar-refractivity contribution in [1.82, 2.24) is 4.90 Å². The van der Waals surface area contributed by atoms with Crippen LogP contribution < -0.4 is 0 Å². The highest BCUT2D eigenvalue weighted by Crippen LogP contribution is 2.12. The fraction of sp³-hybridized carbons (Fsp3) is 0.500. The molecule has 0 aliphatic carbocycles. The van der Waals surface area contributed by atoms with E-state index in [0.717, 1.165) is 17.7 Å². The first-order valence-electron chi connectivity index (χ1n) is 6.74. The molecule has 0 radical (unpaired) electrons. The van der Waals surface area contributed by atoms with Crippen molar-refractivity contribution in [2.45, 2.75) is 33.7 Å². The largest absolute Gasteiger partial charge is 0.292 e. The summed E-state index contributed by atoms with van der Waals surface area (Å²) in [4.78, 5) is 14.5. The van der Waals surface area contributed by atoms with E-state index in [9.17, 15) is 4.79 Å². The first-order valence-corrected chi connectivity index (χ1v) is 6.74. The van der Waals surface area contributed by atoms with E-state index < -0.39 is 0 Å². The molecule has 2 atom stereocenters. The molecule has 0 heterocycles. The Hall–Kier alpha value is -1.66. The second kappa shape index (κ2) is 7.06. The zero-order valence-electron chi connectivity index (χ0n) is 12.2. The van der Waals surface area contributed by atoms with Crippen molar-refractivity contribution in [3.8, 4) is 6.07 Å². The van der Waals surface area contributed by atoms with Crippen LogP contribution in [0.25, 0.3) is 0 Å². The van der Waals surface area contributed by atoms with Gasteiger partial charge in [-0.2, -0.15) is 5.26 Å². The van der Waals surface area contributed by atoms with Crippen LogP contribution in [0, 0.1) is 24.2 Å². The summed E-state index contributed by atoms with van der Waals surface area (Å²) in [6.07, 6.45) is 0. The van der Waals surface area contributed by atoms with E-state index in [-0.39, 0.29) is 17.7 Å². The van der Waals surface area contributed by atoms with Crippen LogP contribution in [-0.4, -0.2) is 29.8 Å². The molecule has 3 nitrogen and oxygen atoms in total. The average Bonchev–Trinajstić information content (AvgIpc) is 2.43. The fourth-order valence-corrected chi connectivity index (χ4v) is 2.08. The summed E-state index contributed by atoms with van der Waals surface area (Å²) in [6, 6.07) is 9.67. The van der Waals surface area contributed by atoms with Crippen LogP contribution in [-0.2, 0) is 0 Å². The number of ketones is 1. The monoisotopic (exact) mass is 258 g/mol. The van der Waals surface area contributed by atoms with Crippen molar-refractivity contribution < 1.29 is 4.79 Å². The quantitative estimate of drug-likeness (QED) is 0.737. The van der Waals surface area contributed by atoms with Crippen LogP contribution in [0.1, 0.15) is 36.7 Å². The number of carbonyl (C=O) groups excluding carboxylic acids is 1. The summed E-state index contributed by atoms with van der Waals surface area (Å²) in [6.45, 7) is 9.21. The van der Waals surface area contributed by atoms with Crippen molar-refractivity contribution in [3.63, 3.8) is 0 Å². The minimum absolute atomic E-state index is 0.0618. The lowest BCUT2D eigenvalue weighted by Gasteiger charge is -2.27. The van der Waals surface area contributed by atoms with Gasteiger partial charge in [-0.3, -0.25) is 9.69 Å². The van der Waals surface area contributed by atoms with Crippen molar-refractivity contribution in [1.29, 1.82) is 5.26 Å². The second-order valence-corrected chi connectivity index (χ2v) is 5.02. The Morgan fingerprint density at radius 3 is 2.37 bits per heavy atom. The maximum absolute atomic E-state index is 12.4.